The quantitative estimate of drug-likeness (QED) is 0.930. The topological polar surface area (TPSA) is 59.0 Å². The number of aliphatic hydroxyl groups is 1. The summed E-state index contributed by atoms with van der Waals surface area (Å²) in [5, 5.41) is 10.7. The standard InChI is InChI=1S/C18H25NO4/c1-22-15-7-6-13(11-16(15)23-2)17(20)19-10-9-18(21)8-4-3-5-14(18)12-19/h6-7,11,14,21H,3-5,8-10,12H2,1-2H3/t14-,18+/m1/s1. The zero-order valence-corrected chi connectivity index (χ0v) is 13.9. The molecule has 2 atom stereocenters. The van der Waals surface area contributed by atoms with Gasteiger partial charge in [0, 0.05) is 24.6 Å². The number of hydrogen-bond donors (Lipinski definition) is 1. The minimum Gasteiger partial charge on any atom is -0.493 e. The molecule has 1 aromatic carbocycles. The summed E-state index contributed by atoms with van der Waals surface area (Å²) in [6.45, 7) is 1.25. The molecule has 2 aliphatic rings. The van der Waals surface area contributed by atoms with Crippen molar-refractivity contribution in [3.63, 3.8) is 0 Å². The average molecular weight is 319 g/mol. The van der Waals surface area contributed by atoms with E-state index in [0.717, 1.165) is 25.7 Å². The van der Waals surface area contributed by atoms with Gasteiger partial charge in [0.25, 0.3) is 5.91 Å². The van der Waals surface area contributed by atoms with E-state index in [2.05, 4.69) is 0 Å². The molecule has 1 aliphatic heterocycles. The highest BCUT2D eigenvalue weighted by molar-refractivity contribution is 5.95. The molecule has 0 spiro atoms. The number of benzene rings is 1. The fourth-order valence-electron chi connectivity index (χ4n) is 3.91. The summed E-state index contributed by atoms with van der Waals surface area (Å²) in [4.78, 5) is 14.7. The van der Waals surface area contributed by atoms with E-state index in [1.54, 1.807) is 32.4 Å². The third-order valence-electron chi connectivity index (χ3n) is 5.35. The summed E-state index contributed by atoms with van der Waals surface area (Å²) < 4.78 is 10.5. The lowest BCUT2D eigenvalue weighted by molar-refractivity contribution is -0.0886. The summed E-state index contributed by atoms with van der Waals surface area (Å²) in [6, 6.07) is 5.25. The van der Waals surface area contributed by atoms with Crippen LogP contribution in [0.1, 0.15) is 42.5 Å². The Labute approximate surface area is 137 Å². The largest absolute Gasteiger partial charge is 0.493 e. The Morgan fingerprint density at radius 1 is 1.22 bits per heavy atom. The molecular formula is C18H25NO4. The van der Waals surface area contributed by atoms with Crippen LogP contribution in [0.25, 0.3) is 0 Å². The van der Waals surface area contributed by atoms with Crippen LogP contribution in [-0.4, -0.2) is 48.8 Å². The van der Waals surface area contributed by atoms with Gasteiger partial charge in [0.1, 0.15) is 0 Å². The number of methoxy groups -OCH3 is 2. The lowest BCUT2D eigenvalue weighted by atomic mass is 9.71. The van der Waals surface area contributed by atoms with E-state index in [4.69, 9.17) is 9.47 Å². The van der Waals surface area contributed by atoms with Gasteiger partial charge in [0.15, 0.2) is 11.5 Å². The number of hydrogen-bond acceptors (Lipinski definition) is 4. The first-order valence-corrected chi connectivity index (χ1v) is 8.31. The molecule has 3 rings (SSSR count). The fraction of sp³-hybridized carbons (Fsp3) is 0.611. The first-order valence-electron chi connectivity index (χ1n) is 8.31. The molecule has 0 aromatic heterocycles. The van der Waals surface area contributed by atoms with Crippen molar-refractivity contribution in [1.82, 2.24) is 4.90 Å². The number of likely N-dealkylation sites (tertiary alicyclic amines) is 1. The normalized spacial score (nSPS) is 27.3. The summed E-state index contributed by atoms with van der Waals surface area (Å²) in [5.74, 6) is 1.38. The molecule has 0 radical (unpaired) electrons. The Morgan fingerprint density at radius 3 is 2.74 bits per heavy atom. The highest BCUT2D eigenvalue weighted by Gasteiger charge is 2.43. The first kappa shape index (κ1) is 16.1. The predicted octanol–water partition coefficient (Wildman–Crippen LogP) is 2.47. The lowest BCUT2D eigenvalue weighted by Crippen LogP contribution is -2.54. The van der Waals surface area contributed by atoms with Gasteiger partial charge in [-0.3, -0.25) is 4.79 Å². The first-order chi connectivity index (χ1) is 11.1. The van der Waals surface area contributed by atoms with E-state index in [-0.39, 0.29) is 11.8 Å². The van der Waals surface area contributed by atoms with Gasteiger partial charge in [-0.2, -0.15) is 0 Å². The Kier molecular flexibility index (Phi) is 4.48. The van der Waals surface area contributed by atoms with Crippen molar-refractivity contribution in [2.24, 2.45) is 5.92 Å². The average Bonchev–Trinajstić information content (AvgIpc) is 2.59. The molecule has 1 N–H and O–H groups in total. The van der Waals surface area contributed by atoms with Crippen LogP contribution in [0.4, 0.5) is 0 Å². The third-order valence-corrected chi connectivity index (χ3v) is 5.35. The second-order valence-corrected chi connectivity index (χ2v) is 6.62. The molecular weight excluding hydrogens is 294 g/mol. The molecule has 0 unspecified atom stereocenters. The van der Waals surface area contributed by atoms with Crippen molar-refractivity contribution in [2.75, 3.05) is 27.3 Å². The second-order valence-electron chi connectivity index (χ2n) is 6.62. The summed E-state index contributed by atoms with van der Waals surface area (Å²) >= 11 is 0. The number of piperidine rings is 1. The lowest BCUT2D eigenvalue weighted by Gasteiger charge is -2.47. The Morgan fingerprint density at radius 2 is 2.00 bits per heavy atom. The molecule has 2 fully saturated rings. The van der Waals surface area contributed by atoms with Crippen LogP contribution in [0.3, 0.4) is 0 Å². The molecule has 0 bridgehead atoms. The predicted molar refractivity (Wildman–Crippen MR) is 87.0 cm³/mol. The third kappa shape index (κ3) is 3.02. The van der Waals surface area contributed by atoms with Crippen LogP contribution in [0, 0.1) is 5.92 Å². The monoisotopic (exact) mass is 319 g/mol. The van der Waals surface area contributed by atoms with Crippen molar-refractivity contribution in [2.45, 2.75) is 37.7 Å². The maximum Gasteiger partial charge on any atom is 0.254 e. The van der Waals surface area contributed by atoms with Gasteiger partial charge in [-0.05, 0) is 37.5 Å². The van der Waals surface area contributed by atoms with Gasteiger partial charge in [-0.25, -0.2) is 0 Å². The van der Waals surface area contributed by atoms with Crippen LogP contribution in [0.15, 0.2) is 18.2 Å². The Balaban J connectivity index is 1.76. The molecule has 5 heteroatoms. The van der Waals surface area contributed by atoms with E-state index in [9.17, 15) is 9.90 Å². The van der Waals surface area contributed by atoms with E-state index in [0.29, 0.717) is 36.6 Å². The van der Waals surface area contributed by atoms with E-state index in [1.807, 2.05) is 4.90 Å². The Bertz CT molecular complexity index is 588. The van der Waals surface area contributed by atoms with Gasteiger partial charge < -0.3 is 19.5 Å². The van der Waals surface area contributed by atoms with Gasteiger partial charge in [0.2, 0.25) is 0 Å². The summed E-state index contributed by atoms with van der Waals surface area (Å²) in [6.07, 6.45) is 4.79. The second kappa shape index (κ2) is 6.40. The smallest absolute Gasteiger partial charge is 0.254 e. The van der Waals surface area contributed by atoms with Crippen molar-refractivity contribution in [3.8, 4) is 11.5 Å². The van der Waals surface area contributed by atoms with Gasteiger partial charge >= 0.3 is 0 Å². The zero-order valence-electron chi connectivity index (χ0n) is 13.9. The van der Waals surface area contributed by atoms with Crippen molar-refractivity contribution in [3.05, 3.63) is 23.8 Å². The number of rotatable bonds is 3. The summed E-state index contributed by atoms with van der Waals surface area (Å²) in [7, 11) is 3.14. The highest BCUT2D eigenvalue weighted by Crippen LogP contribution is 2.40. The van der Waals surface area contributed by atoms with E-state index in [1.165, 1.54) is 0 Å². The molecule has 1 amide bonds. The van der Waals surface area contributed by atoms with Crippen molar-refractivity contribution in [1.29, 1.82) is 0 Å². The Hall–Kier alpha value is -1.75. The molecule has 1 saturated heterocycles. The molecule has 1 aliphatic carbocycles. The number of nitrogens with zero attached hydrogens (tertiary/aromatic N) is 1. The van der Waals surface area contributed by atoms with Crippen molar-refractivity contribution >= 4 is 5.91 Å². The number of ether oxygens (including phenoxy) is 2. The molecule has 1 heterocycles. The van der Waals surface area contributed by atoms with Crippen LogP contribution >= 0.6 is 0 Å². The number of carbonyl (C=O) groups excluding carboxylic acids is 1. The number of carbonyl (C=O) groups is 1. The minimum atomic E-state index is -0.563. The SMILES string of the molecule is COc1ccc(C(=O)N2CC[C@@]3(O)CCCC[C@@H]3C2)cc1OC. The minimum absolute atomic E-state index is 0.00132. The molecule has 1 saturated carbocycles. The number of amides is 1. The van der Waals surface area contributed by atoms with E-state index < -0.39 is 5.60 Å². The van der Waals surface area contributed by atoms with Crippen LogP contribution in [0.5, 0.6) is 11.5 Å². The number of fused-ring (bicyclic) bond motifs is 1. The summed E-state index contributed by atoms with van der Waals surface area (Å²) in [5.41, 5.74) is 0.0380. The maximum atomic E-state index is 12.8. The highest BCUT2D eigenvalue weighted by atomic mass is 16.5. The van der Waals surface area contributed by atoms with Crippen molar-refractivity contribution < 1.29 is 19.4 Å². The van der Waals surface area contributed by atoms with Gasteiger partial charge in [0.05, 0.1) is 19.8 Å². The molecule has 126 valence electrons. The molecule has 5 nitrogen and oxygen atoms in total. The van der Waals surface area contributed by atoms with E-state index >= 15 is 0 Å². The van der Waals surface area contributed by atoms with Crippen LogP contribution in [0.2, 0.25) is 0 Å². The zero-order chi connectivity index (χ0) is 16.4. The fourth-order valence-corrected chi connectivity index (χ4v) is 3.91. The van der Waals surface area contributed by atoms with Crippen LogP contribution in [-0.2, 0) is 0 Å². The molecule has 1 aromatic rings. The maximum absolute atomic E-state index is 12.8. The van der Waals surface area contributed by atoms with Crippen LogP contribution < -0.4 is 9.47 Å². The van der Waals surface area contributed by atoms with Gasteiger partial charge in [-0.1, -0.05) is 12.8 Å². The van der Waals surface area contributed by atoms with Gasteiger partial charge in [-0.15, -0.1) is 0 Å². The molecule has 23 heavy (non-hydrogen) atoms.